The summed E-state index contributed by atoms with van der Waals surface area (Å²) in [5.41, 5.74) is 6.25. The summed E-state index contributed by atoms with van der Waals surface area (Å²) in [6.45, 7) is 5.87. The van der Waals surface area contributed by atoms with Gasteiger partial charge < -0.3 is 4.90 Å². The van der Waals surface area contributed by atoms with Gasteiger partial charge in [0.25, 0.3) is 5.91 Å². The van der Waals surface area contributed by atoms with Crippen LogP contribution in [-0.4, -0.2) is 59.6 Å². The number of likely N-dealkylation sites (tertiary alicyclic amines) is 1. The number of halogens is 2. The normalized spacial score (nSPS) is 13.8. The van der Waals surface area contributed by atoms with Gasteiger partial charge in [-0.1, -0.05) is 6.92 Å². The molecule has 0 aliphatic carbocycles. The minimum atomic E-state index is -0.961. The minimum Gasteiger partial charge on any atom is -0.333 e. The van der Waals surface area contributed by atoms with Crippen LogP contribution in [0.25, 0.3) is 17.1 Å². The number of carbonyl (C=O) groups is 1. The maximum atomic E-state index is 13.5. The molecule has 1 fully saturated rings. The molecule has 186 valence electrons. The number of aromatic nitrogens is 6. The number of alkyl halides is 1. The average molecular weight is 492 g/mol. The van der Waals surface area contributed by atoms with Gasteiger partial charge in [-0.15, -0.1) is 0 Å². The molecule has 4 aromatic rings. The Morgan fingerprint density at radius 2 is 1.83 bits per heavy atom. The lowest BCUT2D eigenvalue weighted by Crippen LogP contribution is -2.51. The highest BCUT2D eigenvalue weighted by Gasteiger charge is 2.34. The van der Waals surface area contributed by atoms with Gasteiger partial charge in [-0.3, -0.25) is 9.48 Å². The fraction of sp³-hybridized carbons (Fsp3) is 0.346. The molecule has 0 atom stereocenters. The van der Waals surface area contributed by atoms with Gasteiger partial charge in [0.15, 0.2) is 5.82 Å². The summed E-state index contributed by atoms with van der Waals surface area (Å²) in [6, 6.07) is 8.24. The summed E-state index contributed by atoms with van der Waals surface area (Å²) in [6.07, 6.45) is 1.75. The lowest BCUT2D eigenvalue weighted by atomic mass is 10.0. The minimum absolute atomic E-state index is 0.115. The number of aryl methyl sites for hydroxylation is 2. The molecular weight excluding hydrogens is 464 g/mol. The zero-order valence-electron chi connectivity index (χ0n) is 20.7. The van der Waals surface area contributed by atoms with E-state index >= 15 is 0 Å². The summed E-state index contributed by atoms with van der Waals surface area (Å²) in [5, 5.41) is 9.28. The molecule has 0 bridgehead atoms. The number of rotatable bonds is 6. The molecule has 8 nitrogen and oxygen atoms in total. The third kappa shape index (κ3) is 4.16. The first-order valence-electron chi connectivity index (χ1n) is 11.9. The molecule has 1 amide bonds. The predicted molar refractivity (Wildman–Crippen MR) is 130 cm³/mol. The molecule has 1 saturated heterocycles. The number of amides is 1. The van der Waals surface area contributed by atoms with Crippen LogP contribution < -0.4 is 0 Å². The first-order chi connectivity index (χ1) is 17.3. The highest BCUT2D eigenvalue weighted by Crippen LogP contribution is 2.28. The zero-order valence-corrected chi connectivity index (χ0v) is 20.7. The Bertz CT molecular complexity index is 1440. The van der Waals surface area contributed by atoms with Crippen LogP contribution in [0.1, 0.15) is 45.6 Å². The first kappa shape index (κ1) is 23.8. The Balaban J connectivity index is 1.45. The van der Waals surface area contributed by atoms with Crippen LogP contribution in [0.3, 0.4) is 0 Å². The van der Waals surface area contributed by atoms with E-state index < -0.39 is 6.17 Å². The molecule has 0 radical (unpaired) electrons. The molecule has 0 saturated carbocycles. The highest BCUT2D eigenvalue weighted by molar-refractivity contribution is 5.97. The quantitative estimate of drug-likeness (QED) is 0.410. The van der Waals surface area contributed by atoms with Crippen molar-refractivity contribution in [2.24, 2.45) is 7.05 Å². The van der Waals surface area contributed by atoms with Crippen molar-refractivity contribution in [2.75, 3.05) is 13.1 Å². The van der Waals surface area contributed by atoms with Crippen LogP contribution in [0.2, 0.25) is 0 Å². The molecule has 3 aromatic heterocycles. The van der Waals surface area contributed by atoms with E-state index in [9.17, 15) is 13.6 Å². The molecule has 0 unspecified atom stereocenters. The average Bonchev–Trinajstić information content (AvgIpc) is 3.31. The summed E-state index contributed by atoms with van der Waals surface area (Å²) in [5.74, 6) is 0.0476. The maximum absolute atomic E-state index is 13.5. The maximum Gasteiger partial charge on any atom is 0.257 e. The van der Waals surface area contributed by atoms with Crippen LogP contribution in [0, 0.1) is 19.7 Å². The number of carbonyl (C=O) groups excluding carboxylic acids is 1. The van der Waals surface area contributed by atoms with E-state index in [2.05, 4.69) is 22.0 Å². The number of hydrogen-bond donors (Lipinski definition) is 0. The third-order valence-electron chi connectivity index (χ3n) is 6.60. The SMILES string of the molecule is CCc1c(Cc2cc(-n3nc(C)c(C(=O)N4CC(F)C4)c3C)ncn2)nn(C)c1-c1ccc(F)cc1. The number of benzene rings is 1. The Labute approximate surface area is 207 Å². The van der Waals surface area contributed by atoms with Crippen molar-refractivity contribution in [3.05, 3.63) is 76.4 Å². The topological polar surface area (TPSA) is 81.7 Å². The van der Waals surface area contributed by atoms with Crippen LogP contribution in [0.5, 0.6) is 0 Å². The molecule has 4 heterocycles. The molecular formula is C26H27F2N7O. The Morgan fingerprint density at radius 3 is 2.50 bits per heavy atom. The first-order valence-corrected chi connectivity index (χ1v) is 11.9. The standard InChI is InChI=1S/C26H27F2N7O/c1-5-21-22(32-33(4)25(21)17-6-8-18(27)9-7-17)10-20-11-23(30-14-29-20)35-16(3)24(15(2)31-35)26(36)34-12-19(28)13-34/h6-9,11,14,19H,5,10,12-13H2,1-4H3. The summed E-state index contributed by atoms with van der Waals surface area (Å²) in [4.78, 5) is 23.2. The highest BCUT2D eigenvalue weighted by atomic mass is 19.1. The van der Waals surface area contributed by atoms with E-state index in [1.54, 1.807) is 23.7 Å². The molecule has 1 aliphatic heterocycles. The van der Waals surface area contributed by atoms with Crippen molar-refractivity contribution in [3.63, 3.8) is 0 Å². The Kier molecular flexibility index (Phi) is 6.11. The largest absolute Gasteiger partial charge is 0.333 e. The van der Waals surface area contributed by atoms with Gasteiger partial charge in [0.2, 0.25) is 0 Å². The second-order valence-electron chi connectivity index (χ2n) is 9.07. The van der Waals surface area contributed by atoms with Gasteiger partial charge in [-0.2, -0.15) is 10.2 Å². The summed E-state index contributed by atoms with van der Waals surface area (Å²) in [7, 11) is 1.88. The Hall–Kier alpha value is -3.95. The second kappa shape index (κ2) is 9.25. The summed E-state index contributed by atoms with van der Waals surface area (Å²) >= 11 is 0. The lowest BCUT2D eigenvalue weighted by Gasteiger charge is -2.34. The van der Waals surface area contributed by atoms with Crippen molar-refractivity contribution in [1.29, 1.82) is 0 Å². The van der Waals surface area contributed by atoms with Crippen molar-refractivity contribution in [1.82, 2.24) is 34.4 Å². The number of nitrogens with zero attached hydrogens (tertiary/aromatic N) is 7. The van der Waals surface area contributed by atoms with E-state index in [0.717, 1.165) is 34.6 Å². The molecule has 1 aliphatic rings. The second-order valence-corrected chi connectivity index (χ2v) is 9.07. The fourth-order valence-corrected chi connectivity index (χ4v) is 4.80. The van der Waals surface area contributed by atoms with Crippen molar-refractivity contribution in [3.8, 4) is 17.1 Å². The van der Waals surface area contributed by atoms with Gasteiger partial charge >= 0.3 is 0 Å². The van der Waals surface area contributed by atoms with Crippen molar-refractivity contribution in [2.45, 2.75) is 39.8 Å². The van der Waals surface area contributed by atoms with Gasteiger partial charge in [-0.05, 0) is 44.5 Å². The van der Waals surface area contributed by atoms with Crippen molar-refractivity contribution < 1.29 is 13.6 Å². The molecule has 0 N–H and O–H groups in total. The van der Waals surface area contributed by atoms with Crippen LogP contribution in [0.4, 0.5) is 8.78 Å². The van der Waals surface area contributed by atoms with Crippen molar-refractivity contribution >= 4 is 5.91 Å². The molecule has 36 heavy (non-hydrogen) atoms. The van der Waals surface area contributed by atoms with E-state index in [4.69, 9.17) is 5.10 Å². The van der Waals surface area contributed by atoms with E-state index in [-0.39, 0.29) is 24.8 Å². The van der Waals surface area contributed by atoms with Gasteiger partial charge in [-0.25, -0.2) is 23.4 Å². The lowest BCUT2D eigenvalue weighted by molar-refractivity contribution is 0.0399. The van der Waals surface area contributed by atoms with E-state index in [1.807, 2.05) is 24.7 Å². The molecule has 5 rings (SSSR count). The third-order valence-corrected chi connectivity index (χ3v) is 6.60. The van der Waals surface area contributed by atoms with Crippen LogP contribution in [-0.2, 0) is 19.9 Å². The summed E-state index contributed by atoms with van der Waals surface area (Å²) < 4.78 is 30.2. The van der Waals surface area contributed by atoms with Gasteiger partial charge in [0, 0.05) is 30.7 Å². The zero-order chi connectivity index (χ0) is 25.6. The van der Waals surface area contributed by atoms with Gasteiger partial charge in [0.1, 0.15) is 18.3 Å². The monoisotopic (exact) mass is 491 g/mol. The van der Waals surface area contributed by atoms with Gasteiger partial charge in [0.05, 0.1) is 47.1 Å². The number of hydrogen-bond acceptors (Lipinski definition) is 5. The van der Waals surface area contributed by atoms with Crippen LogP contribution >= 0.6 is 0 Å². The van der Waals surface area contributed by atoms with E-state index in [0.29, 0.717) is 29.2 Å². The fourth-order valence-electron chi connectivity index (χ4n) is 4.80. The van der Waals surface area contributed by atoms with E-state index in [1.165, 1.54) is 23.4 Å². The van der Waals surface area contributed by atoms with Crippen LogP contribution in [0.15, 0.2) is 36.7 Å². The smallest absolute Gasteiger partial charge is 0.257 e. The molecule has 1 aromatic carbocycles. The molecule has 10 heteroatoms. The Morgan fingerprint density at radius 1 is 1.11 bits per heavy atom. The molecule has 0 spiro atoms. The predicted octanol–water partition coefficient (Wildman–Crippen LogP) is 3.77.